The molecule has 9 heteroatoms. The highest BCUT2D eigenvalue weighted by atomic mass is 35.5. The maximum absolute atomic E-state index is 12.8. The number of aryl methyl sites for hydroxylation is 1. The Balaban J connectivity index is 2.52. The molecule has 0 saturated heterocycles. The zero-order valence-corrected chi connectivity index (χ0v) is 14.8. The molecule has 0 spiro atoms. The van der Waals surface area contributed by atoms with Gasteiger partial charge in [0, 0.05) is 19.2 Å². The average molecular weight is 371 g/mol. The standard InChI is InChI=1S/C15H15ClN2O5S/c1-10-4-5-11(18(19)20)8-14(10)17(2)24(21,22)12-6-7-15(23-3)13(16)9-12/h4-9H,1-3H3. The van der Waals surface area contributed by atoms with E-state index in [-0.39, 0.29) is 21.3 Å². The minimum absolute atomic E-state index is 0.0401. The highest BCUT2D eigenvalue weighted by Crippen LogP contribution is 2.32. The highest BCUT2D eigenvalue weighted by molar-refractivity contribution is 7.92. The van der Waals surface area contributed by atoms with Crippen molar-refractivity contribution in [3.8, 4) is 5.75 Å². The second kappa shape index (κ2) is 6.66. The number of nitro benzene ring substituents is 1. The predicted octanol–water partition coefficient (Wildman–Crippen LogP) is 3.39. The second-order valence-electron chi connectivity index (χ2n) is 5.00. The Kier molecular flexibility index (Phi) is 5.00. The van der Waals surface area contributed by atoms with Gasteiger partial charge in [-0.05, 0) is 30.7 Å². The summed E-state index contributed by atoms with van der Waals surface area (Å²) in [5, 5.41) is 11.1. The molecule has 0 atom stereocenters. The maximum Gasteiger partial charge on any atom is 0.271 e. The molecular formula is C15H15ClN2O5S. The number of benzene rings is 2. The van der Waals surface area contributed by atoms with Crippen molar-refractivity contribution in [2.45, 2.75) is 11.8 Å². The van der Waals surface area contributed by atoms with Gasteiger partial charge in [0.15, 0.2) is 0 Å². The van der Waals surface area contributed by atoms with Gasteiger partial charge in [-0.15, -0.1) is 0 Å². The molecule has 0 heterocycles. The minimum atomic E-state index is -3.93. The topological polar surface area (TPSA) is 89.8 Å². The van der Waals surface area contributed by atoms with Crippen molar-refractivity contribution in [3.63, 3.8) is 0 Å². The third kappa shape index (κ3) is 3.29. The molecule has 0 amide bonds. The van der Waals surface area contributed by atoms with Gasteiger partial charge in [-0.1, -0.05) is 17.7 Å². The van der Waals surface area contributed by atoms with Crippen LogP contribution in [-0.4, -0.2) is 27.5 Å². The van der Waals surface area contributed by atoms with E-state index in [0.717, 1.165) is 4.31 Å². The molecule has 2 aromatic carbocycles. The highest BCUT2D eigenvalue weighted by Gasteiger charge is 2.25. The first-order valence-corrected chi connectivity index (χ1v) is 8.58. The van der Waals surface area contributed by atoms with E-state index in [2.05, 4.69) is 0 Å². The van der Waals surface area contributed by atoms with Crippen LogP contribution in [0.4, 0.5) is 11.4 Å². The lowest BCUT2D eigenvalue weighted by Gasteiger charge is -2.21. The molecule has 2 aromatic rings. The van der Waals surface area contributed by atoms with Gasteiger partial charge in [0.05, 0.1) is 27.6 Å². The van der Waals surface area contributed by atoms with Crippen LogP contribution in [0.1, 0.15) is 5.56 Å². The zero-order valence-electron chi connectivity index (χ0n) is 13.2. The number of non-ortho nitro benzene ring substituents is 1. The normalized spacial score (nSPS) is 11.2. The first-order chi connectivity index (χ1) is 11.2. The fourth-order valence-electron chi connectivity index (χ4n) is 2.15. The Bertz CT molecular complexity index is 899. The summed E-state index contributed by atoms with van der Waals surface area (Å²) < 4.78 is 31.5. The number of rotatable bonds is 5. The number of hydrogen-bond donors (Lipinski definition) is 0. The van der Waals surface area contributed by atoms with Crippen molar-refractivity contribution in [2.75, 3.05) is 18.5 Å². The summed E-state index contributed by atoms with van der Waals surface area (Å²) in [4.78, 5) is 10.3. The fraction of sp³-hybridized carbons (Fsp3) is 0.200. The number of halogens is 1. The second-order valence-corrected chi connectivity index (χ2v) is 7.37. The molecule has 128 valence electrons. The lowest BCUT2D eigenvalue weighted by Crippen LogP contribution is -2.27. The van der Waals surface area contributed by atoms with Crippen LogP contribution in [0.2, 0.25) is 5.02 Å². The molecule has 0 N–H and O–H groups in total. The number of sulfonamides is 1. The number of hydrogen-bond acceptors (Lipinski definition) is 5. The Labute approximate surface area is 144 Å². The Morgan fingerprint density at radius 1 is 1.21 bits per heavy atom. The molecule has 2 rings (SSSR count). The van der Waals surface area contributed by atoms with Crippen molar-refractivity contribution in [3.05, 3.63) is 57.1 Å². The van der Waals surface area contributed by atoms with E-state index in [4.69, 9.17) is 16.3 Å². The summed E-state index contributed by atoms with van der Waals surface area (Å²) in [6.07, 6.45) is 0. The molecule has 0 unspecified atom stereocenters. The lowest BCUT2D eigenvalue weighted by atomic mass is 10.2. The van der Waals surface area contributed by atoms with Gasteiger partial charge in [0.25, 0.3) is 15.7 Å². The maximum atomic E-state index is 12.8. The zero-order chi connectivity index (χ0) is 18.1. The average Bonchev–Trinajstić information content (AvgIpc) is 2.54. The SMILES string of the molecule is COc1ccc(S(=O)(=O)N(C)c2cc([N+](=O)[O-])ccc2C)cc1Cl. The molecule has 0 aromatic heterocycles. The minimum Gasteiger partial charge on any atom is -0.495 e. The summed E-state index contributed by atoms with van der Waals surface area (Å²) in [5.74, 6) is 0.352. The number of nitro groups is 1. The summed E-state index contributed by atoms with van der Waals surface area (Å²) in [5.41, 5.74) is 0.618. The van der Waals surface area contributed by atoms with E-state index in [1.165, 1.54) is 50.6 Å². The first-order valence-electron chi connectivity index (χ1n) is 6.76. The molecular weight excluding hydrogens is 356 g/mol. The lowest BCUT2D eigenvalue weighted by molar-refractivity contribution is -0.384. The molecule has 0 aliphatic heterocycles. The summed E-state index contributed by atoms with van der Waals surface area (Å²) in [6.45, 7) is 1.67. The number of anilines is 1. The van der Waals surface area contributed by atoms with Gasteiger partial charge < -0.3 is 4.74 Å². The van der Waals surface area contributed by atoms with Crippen LogP contribution in [0.25, 0.3) is 0 Å². The molecule has 0 aliphatic rings. The van der Waals surface area contributed by atoms with Crippen LogP contribution in [0.5, 0.6) is 5.75 Å². The van der Waals surface area contributed by atoms with E-state index in [1.807, 2.05) is 0 Å². The smallest absolute Gasteiger partial charge is 0.271 e. The molecule has 0 saturated carbocycles. The van der Waals surface area contributed by atoms with E-state index >= 15 is 0 Å². The molecule has 0 fully saturated rings. The van der Waals surface area contributed by atoms with Crippen LogP contribution in [0.3, 0.4) is 0 Å². The van der Waals surface area contributed by atoms with Crippen molar-refractivity contribution >= 4 is 33.0 Å². The Morgan fingerprint density at radius 2 is 1.88 bits per heavy atom. The van der Waals surface area contributed by atoms with Crippen LogP contribution in [-0.2, 0) is 10.0 Å². The quantitative estimate of drug-likeness (QED) is 0.594. The molecule has 0 bridgehead atoms. The van der Waals surface area contributed by atoms with E-state index in [1.54, 1.807) is 6.92 Å². The molecule has 0 aliphatic carbocycles. The van der Waals surface area contributed by atoms with Crippen molar-refractivity contribution in [2.24, 2.45) is 0 Å². The van der Waals surface area contributed by atoms with Crippen LogP contribution in [0.15, 0.2) is 41.3 Å². The fourth-order valence-corrected chi connectivity index (χ4v) is 3.75. The van der Waals surface area contributed by atoms with Crippen LogP contribution < -0.4 is 9.04 Å². The number of nitrogens with zero attached hydrogens (tertiary/aromatic N) is 2. The van der Waals surface area contributed by atoms with Crippen molar-refractivity contribution < 1.29 is 18.1 Å². The molecule has 24 heavy (non-hydrogen) atoms. The van der Waals surface area contributed by atoms with Gasteiger partial charge in [0.2, 0.25) is 0 Å². The monoisotopic (exact) mass is 370 g/mol. The summed E-state index contributed by atoms with van der Waals surface area (Å²) in [6, 6.07) is 8.13. The number of methoxy groups -OCH3 is 1. The number of ether oxygens (including phenoxy) is 1. The van der Waals surface area contributed by atoms with Gasteiger partial charge in [-0.25, -0.2) is 8.42 Å². The summed E-state index contributed by atoms with van der Waals surface area (Å²) in [7, 11) is -1.18. The van der Waals surface area contributed by atoms with Gasteiger partial charge in [0.1, 0.15) is 5.75 Å². The van der Waals surface area contributed by atoms with Gasteiger partial charge >= 0.3 is 0 Å². The van der Waals surface area contributed by atoms with Gasteiger partial charge in [-0.2, -0.15) is 0 Å². The third-order valence-electron chi connectivity index (χ3n) is 3.52. The Hall–Kier alpha value is -2.32. The van der Waals surface area contributed by atoms with Crippen molar-refractivity contribution in [1.82, 2.24) is 0 Å². The van der Waals surface area contributed by atoms with Crippen molar-refractivity contribution in [1.29, 1.82) is 0 Å². The summed E-state index contributed by atoms with van der Waals surface area (Å²) >= 11 is 5.99. The Morgan fingerprint density at radius 3 is 2.42 bits per heavy atom. The van der Waals surface area contributed by atoms with Gasteiger partial charge in [-0.3, -0.25) is 14.4 Å². The largest absolute Gasteiger partial charge is 0.495 e. The van der Waals surface area contributed by atoms with Crippen LogP contribution in [0, 0.1) is 17.0 Å². The molecule has 0 radical (unpaired) electrons. The first kappa shape index (κ1) is 18.0. The predicted molar refractivity (Wildman–Crippen MR) is 91.4 cm³/mol. The van der Waals surface area contributed by atoms with Crippen LogP contribution >= 0.6 is 11.6 Å². The van der Waals surface area contributed by atoms with E-state index in [0.29, 0.717) is 11.3 Å². The van der Waals surface area contributed by atoms with E-state index < -0.39 is 14.9 Å². The third-order valence-corrected chi connectivity index (χ3v) is 5.59. The van der Waals surface area contributed by atoms with E-state index in [9.17, 15) is 18.5 Å². The molecule has 7 nitrogen and oxygen atoms in total.